The first kappa shape index (κ1) is 12.7. The highest BCUT2D eigenvalue weighted by molar-refractivity contribution is 5.91. The Kier molecular flexibility index (Phi) is 3.09. The fraction of sp³-hybridized carbons (Fsp3) is 0.714. The molecule has 0 bridgehead atoms. The number of amides is 1. The van der Waals surface area contributed by atoms with Crippen LogP contribution < -0.4 is 0 Å². The fourth-order valence-electron chi connectivity index (χ4n) is 3.32. The van der Waals surface area contributed by atoms with E-state index < -0.39 is 0 Å². The molecule has 5 heteroatoms. The number of hydrogen-bond donors (Lipinski definition) is 0. The Morgan fingerprint density at radius 2 is 1.89 bits per heavy atom. The van der Waals surface area contributed by atoms with Gasteiger partial charge in [0.1, 0.15) is 0 Å². The maximum atomic E-state index is 12.5. The lowest BCUT2D eigenvalue weighted by atomic mass is 9.78. The fourth-order valence-corrected chi connectivity index (χ4v) is 3.32. The van der Waals surface area contributed by atoms with Crippen LogP contribution in [0.5, 0.6) is 0 Å². The minimum Gasteiger partial charge on any atom is -0.335 e. The Balaban J connectivity index is 1.69. The molecule has 0 aromatic carbocycles. The first-order valence-corrected chi connectivity index (χ1v) is 7.05. The van der Waals surface area contributed by atoms with Crippen molar-refractivity contribution in [1.82, 2.24) is 19.4 Å². The van der Waals surface area contributed by atoms with Gasteiger partial charge in [-0.3, -0.25) is 4.79 Å². The Morgan fingerprint density at radius 1 is 1.21 bits per heavy atom. The number of aromatic nitrogens is 2. The molecular weight excluding hydrogens is 240 g/mol. The quantitative estimate of drug-likeness (QED) is 0.757. The third-order valence-electron chi connectivity index (χ3n) is 4.79. The molecule has 0 atom stereocenters. The van der Waals surface area contributed by atoms with E-state index >= 15 is 0 Å². The standard InChI is InChI=1S/C14H22N4O/c1-16-7-3-14(4-8-16)5-9-18(11-14)13(19)12-15-6-10-17(12)2/h6,10H,3-5,7-9,11H2,1-2H3. The van der Waals surface area contributed by atoms with Gasteiger partial charge in [-0.15, -0.1) is 0 Å². The maximum absolute atomic E-state index is 12.5. The zero-order valence-electron chi connectivity index (χ0n) is 11.8. The average Bonchev–Trinajstić information content (AvgIpc) is 3.00. The van der Waals surface area contributed by atoms with Crippen molar-refractivity contribution in [2.24, 2.45) is 12.5 Å². The number of hydrogen-bond acceptors (Lipinski definition) is 3. The summed E-state index contributed by atoms with van der Waals surface area (Å²) in [6.45, 7) is 4.11. The third kappa shape index (κ3) is 2.27. The topological polar surface area (TPSA) is 41.4 Å². The number of imidazole rings is 1. The molecule has 3 heterocycles. The summed E-state index contributed by atoms with van der Waals surface area (Å²) in [4.78, 5) is 21.0. The van der Waals surface area contributed by atoms with Crippen molar-refractivity contribution in [2.45, 2.75) is 19.3 Å². The molecule has 19 heavy (non-hydrogen) atoms. The van der Waals surface area contributed by atoms with E-state index in [4.69, 9.17) is 0 Å². The average molecular weight is 262 g/mol. The van der Waals surface area contributed by atoms with Gasteiger partial charge in [0.15, 0.2) is 5.82 Å². The van der Waals surface area contributed by atoms with Gasteiger partial charge in [-0.05, 0) is 44.8 Å². The molecular formula is C14H22N4O. The van der Waals surface area contributed by atoms with E-state index in [1.165, 1.54) is 12.8 Å². The second-order valence-corrected chi connectivity index (χ2v) is 6.14. The highest BCUT2D eigenvalue weighted by atomic mass is 16.2. The summed E-state index contributed by atoms with van der Waals surface area (Å²) < 4.78 is 1.81. The van der Waals surface area contributed by atoms with Crippen molar-refractivity contribution in [2.75, 3.05) is 33.2 Å². The molecule has 2 saturated heterocycles. The monoisotopic (exact) mass is 262 g/mol. The molecule has 104 valence electrons. The molecule has 3 rings (SSSR count). The second-order valence-electron chi connectivity index (χ2n) is 6.14. The Morgan fingerprint density at radius 3 is 2.53 bits per heavy atom. The number of piperidine rings is 1. The summed E-state index contributed by atoms with van der Waals surface area (Å²) >= 11 is 0. The maximum Gasteiger partial charge on any atom is 0.289 e. The Labute approximate surface area is 114 Å². The largest absolute Gasteiger partial charge is 0.335 e. The van der Waals surface area contributed by atoms with Crippen LogP contribution in [-0.4, -0.2) is 58.5 Å². The zero-order chi connectivity index (χ0) is 13.5. The van der Waals surface area contributed by atoms with Crippen molar-refractivity contribution >= 4 is 5.91 Å². The van der Waals surface area contributed by atoms with Gasteiger partial charge in [0.05, 0.1) is 0 Å². The molecule has 1 aromatic rings. The molecule has 2 fully saturated rings. The first-order chi connectivity index (χ1) is 9.10. The number of aryl methyl sites for hydroxylation is 1. The van der Waals surface area contributed by atoms with Crippen LogP contribution in [0.1, 0.15) is 29.9 Å². The predicted molar refractivity (Wildman–Crippen MR) is 72.9 cm³/mol. The summed E-state index contributed by atoms with van der Waals surface area (Å²) in [7, 11) is 4.06. The van der Waals surface area contributed by atoms with Gasteiger partial charge in [0, 0.05) is 32.5 Å². The summed E-state index contributed by atoms with van der Waals surface area (Å²) in [5.41, 5.74) is 0.368. The highest BCUT2D eigenvalue weighted by Crippen LogP contribution is 2.40. The molecule has 0 aliphatic carbocycles. The summed E-state index contributed by atoms with van der Waals surface area (Å²) in [5.74, 6) is 0.647. The lowest BCUT2D eigenvalue weighted by Crippen LogP contribution is -2.40. The normalized spacial score (nSPS) is 23.2. The molecule has 0 unspecified atom stereocenters. The number of nitrogens with zero attached hydrogens (tertiary/aromatic N) is 4. The lowest BCUT2D eigenvalue weighted by Gasteiger charge is -2.37. The van der Waals surface area contributed by atoms with E-state index in [0.717, 1.165) is 32.6 Å². The van der Waals surface area contributed by atoms with Crippen molar-refractivity contribution < 1.29 is 4.79 Å². The molecule has 1 aromatic heterocycles. The van der Waals surface area contributed by atoms with Crippen molar-refractivity contribution in [3.8, 4) is 0 Å². The minimum absolute atomic E-state index is 0.0864. The van der Waals surface area contributed by atoms with Gasteiger partial charge in [0.2, 0.25) is 0 Å². The Hall–Kier alpha value is -1.36. The van der Waals surface area contributed by atoms with E-state index in [-0.39, 0.29) is 5.91 Å². The van der Waals surface area contributed by atoms with Crippen LogP contribution in [0.25, 0.3) is 0 Å². The SMILES string of the molecule is CN1CCC2(CC1)CCN(C(=O)c1nccn1C)C2. The van der Waals surface area contributed by atoms with Gasteiger partial charge in [0.25, 0.3) is 5.91 Å². The molecule has 0 saturated carbocycles. The van der Waals surface area contributed by atoms with Crippen molar-refractivity contribution in [3.05, 3.63) is 18.2 Å². The molecule has 5 nitrogen and oxygen atoms in total. The highest BCUT2D eigenvalue weighted by Gasteiger charge is 2.42. The molecule has 0 N–H and O–H groups in total. The van der Waals surface area contributed by atoms with Crippen LogP contribution in [0.3, 0.4) is 0 Å². The van der Waals surface area contributed by atoms with E-state index in [0.29, 0.717) is 11.2 Å². The van der Waals surface area contributed by atoms with Crippen LogP contribution in [0.2, 0.25) is 0 Å². The van der Waals surface area contributed by atoms with Crippen LogP contribution in [0.15, 0.2) is 12.4 Å². The van der Waals surface area contributed by atoms with Gasteiger partial charge in [-0.1, -0.05) is 0 Å². The predicted octanol–water partition coefficient (Wildman–Crippen LogP) is 0.978. The van der Waals surface area contributed by atoms with E-state index in [1.807, 2.05) is 22.7 Å². The van der Waals surface area contributed by atoms with Gasteiger partial charge in [-0.25, -0.2) is 4.98 Å². The van der Waals surface area contributed by atoms with E-state index in [2.05, 4.69) is 16.9 Å². The number of rotatable bonds is 1. The molecule has 0 radical (unpaired) electrons. The number of likely N-dealkylation sites (tertiary alicyclic amines) is 2. The first-order valence-electron chi connectivity index (χ1n) is 7.05. The van der Waals surface area contributed by atoms with Crippen LogP contribution in [0, 0.1) is 5.41 Å². The van der Waals surface area contributed by atoms with Crippen molar-refractivity contribution in [1.29, 1.82) is 0 Å². The zero-order valence-corrected chi connectivity index (χ0v) is 11.8. The van der Waals surface area contributed by atoms with Crippen LogP contribution >= 0.6 is 0 Å². The second kappa shape index (κ2) is 4.63. The van der Waals surface area contributed by atoms with Crippen molar-refractivity contribution in [3.63, 3.8) is 0 Å². The van der Waals surface area contributed by atoms with E-state index in [9.17, 15) is 4.79 Å². The molecule has 2 aliphatic heterocycles. The lowest BCUT2D eigenvalue weighted by molar-refractivity contribution is 0.0721. The summed E-state index contributed by atoms with van der Waals surface area (Å²) in [6.07, 6.45) is 7.10. The number of carbonyl (C=O) groups is 1. The third-order valence-corrected chi connectivity index (χ3v) is 4.79. The number of carbonyl (C=O) groups excluding carboxylic acids is 1. The molecule has 2 aliphatic rings. The van der Waals surface area contributed by atoms with Crippen LogP contribution in [0.4, 0.5) is 0 Å². The van der Waals surface area contributed by atoms with E-state index in [1.54, 1.807) is 6.20 Å². The smallest absolute Gasteiger partial charge is 0.289 e. The minimum atomic E-state index is 0.0864. The summed E-state index contributed by atoms with van der Waals surface area (Å²) in [6, 6.07) is 0. The van der Waals surface area contributed by atoms with Crippen LogP contribution in [-0.2, 0) is 7.05 Å². The summed E-state index contributed by atoms with van der Waals surface area (Å²) in [5, 5.41) is 0. The van der Waals surface area contributed by atoms with Gasteiger partial charge >= 0.3 is 0 Å². The van der Waals surface area contributed by atoms with Gasteiger partial charge < -0.3 is 14.4 Å². The molecule has 1 amide bonds. The Bertz CT molecular complexity index is 474. The molecule has 1 spiro atoms. The van der Waals surface area contributed by atoms with Gasteiger partial charge in [-0.2, -0.15) is 0 Å².